The van der Waals surface area contributed by atoms with E-state index in [4.69, 9.17) is 5.10 Å². The van der Waals surface area contributed by atoms with Crippen LogP contribution < -0.4 is 14.8 Å². The van der Waals surface area contributed by atoms with Gasteiger partial charge in [0.2, 0.25) is 0 Å². The molecule has 0 aliphatic heterocycles. The molecule has 0 fully saturated rings. The zero-order chi connectivity index (χ0) is 22.9. The summed E-state index contributed by atoms with van der Waals surface area (Å²) >= 11 is 1.32. The monoisotopic (exact) mass is 443 g/mol. The van der Waals surface area contributed by atoms with Crippen LogP contribution in [-0.2, 0) is 11.8 Å². The molecule has 0 saturated heterocycles. The van der Waals surface area contributed by atoms with Gasteiger partial charge in [-0.1, -0.05) is 69.3 Å². The summed E-state index contributed by atoms with van der Waals surface area (Å²) in [6.45, 7) is 5.61. The first-order valence-electron chi connectivity index (χ1n) is 10.4. The van der Waals surface area contributed by atoms with E-state index in [0.717, 1.165) is 22.5 Å². The summed E-state index contributed by atoms with van der Waals surface area (Å²) in [6, 6.07) is 19.8. The molecule has 5 nitrogen and oxygen atoms in total. The molecule has 2 heterocycles. The maximum absolute atomic E-state index is 12.9. The van der Waals surface area contributed by atoms with Gasteiger partial charge in [0, 0.05) is 35.9 Å². The maximum Gasteiger partial charge on any atom is 0.268 e. The molecule has 0 spiro atoms. The molecule has 0 aliphatic rings. The number of para-hydroxylation sites is 1. The number of rotatable bonds is 4. The normalized spacial score (nSPS) is 13.0. The highest BCUT2D eigenvalue weighted by Gasteiger charge is 2.19. The SMILES string of the molecule is Cn1c(=O)/c(=C/c2cn(-c3ccccc3)nc2-c2ccccc2)s/c1=C/C(=O)C(C)(C)C. The summed E-state index contributed by atoms with van der Waals surface area (Å²) in [6.07, 6.45) is 5.36. The number of carbonyl (C=O) groups is 1. The second-order valence-electron chi connectivity index (χ2n) is 8.65. The first kappa shape index (κ1) is 21.7. The van der Waals surface area contributed by atoms with Crippen molar-refractivity contribution in [1.82, 2.24) is 14.3 Å². The zero-order valence-electron chi connectivity index (χ0n) is 18.6. The number of ketones is 1. The molecule has 32 heavy (non-hydrogen) atoms. The molecule has 0 atom stereocenters. The van der Waals surface area contributed by atoms with Gasteiger partial charge in [-0.15, -0.1) is 11.3 Å². The molecule has 0 aliphatic carbocycles. The molecular formula is C26H25N3O2S. The van der Waals surface area contributed by atoms with Gasteiger partial charge in [-0.05, 0) is 18.2 Å². The minimum atomic E-state index is -0.499. The number of nitrogens with zero attached hydrogens (tertiary/aromatic N) is 3. The number of benzene rings is 2. The van der Waals surface area contributed by atoms with Gasteiger partial charge in [-0.2, -0.15) is 5.10 Å². The lowest BCUT2D eigenvalue weighted by molar-refractivity contribution is -0.120. The van der Waals surface area contributed by atoms with Crippen molar-refractivity contribution in [1.29, 1.82) is 0 Å². The molecule has 0 unspecified atom stereocenters. The summed E-state index contributed by atoms with van der Waals surface area (Å²) in [5.74, 6) is -0.0113. The second kappa shape index (κ2) is 8.55. The fraction of sp³-hybridized carbons (Fsp3) is 0.192. The fourth-order valence-corrected chi connectivity index (χ4v) is 4.23. The van der Waals surface area contributed by atoms with E-state index in [2.05, 4.69) is 0 Å². The molecule has 4 rings (SSSR count). The molecule has 4 aromatic rings. The Morgan fingerprint density at radius 1 is 1.00 bits per heavy atom. The third kappa shape index (κ3) is 4.41. The number of hydrogen-bond donors (Lipinski definition) is 0. The van der Waals surface area contributed by atoms with E-state index >= 15 is 0 Å². The van der Waals surface area contributed by atoms with Crippen LogP contribution in [0.25, 0.3) is 29.1 Å². The van der Waals surface area contributed by atoms with Crippen molar-refractivity contribution >= 4 is 29.3 Å². The van der Waals surface area contributed by atoms with Crippen LogP contribution in [0, 0.1) is 5.41 Å². The first-order chi connectivity index (χ1) is 15.2. The molecule has 0 amide bonds. The summed E-state index contributed by atoms with van der Waals surface area (Å²) in [4.78, 5) is 25.4. The molecule has 6 heteroatoms. The first-order valence-corrected chi connectivity index (χ1v) is 11.2. The van der Waals surface area contributed by atoms with Gasteiger partial charge in [0.25, 0.3) is 5.56 Å². The van der Waals surface area contributed by atoms with Gasteiger partial charge < -0.3 is 4.57 Å². The fourth-order valence-electron chi connectivity index (χ4n) is 3.20. The predicted octanol–water partition coefficient (Wildman–Crippen LogP) is 3.52. The average Bonchev–Trinajstić information content (AvgIpc) is 3.31. The van der Waals surface area contributed by atoms with Gasteiger partial charge in [-0.3, -0.25) is 9.59 Å². The van der Waals surface area contributed by atoms with Crippen LogP contribution in [0.1, 0.15) is 26.3 Å². The van der Waals surface area contributed by atoms with E-state index in [9.17, 15) is 9.59 Å². The van der Waals surface area contributed by atoms with Crippen molar-refractivity contribution in [2.45, 2.75) is 20.8 Å². The highest BCUT2D eigenvalue weighted by molar-refractivity contribution is 7.07. The summed E-state index contributed by atoms with van der Waals surface area (Å²) < 4.78 is 4.55. The predicted molar refractivity (Wildman–Crippen MR) is 130 cm³/mol. The molecule has 0 radical (unpaired) electrons. The van der Waals surface area contributed by atoms with Crippen LogP contribution in [0.5, 0.6) is 0 Å². The van der Waals surface area contributed by atoms with Gasteiger partial charge in [0.1, 0.15) is 4.66 Å². The molecule has 162 valence electrons. The van der Waals surface area contributed by atoms with Gasteiger partial charge in [0.05, 0.1) is 15.9 Å². The minimum absolute atomic E-state index is 0.0113. The maximum atomic E-state index is 12.9. The van der Waals surface area contributed by atoms with E-state index in [0.29, 0.717) is 9.20 Å². The van der Waals surface area contributed by atoms with Gasteiger partial charge >= 0.3 is 0 Å². The Bertz CT molecular complexity index is 1440. The number of carbonyl (C=O) groups excluding carboxylic acids is 1. The van der Waals surface area contributed by atoms with E-state index in [1.54, 1.807) is 13.1 Å². The Morgan fingerprint density at radius 3 is 2.25 bits per heavy atom. The van der Waals surface area contributed by atoms with Crippen LogP contribution in [0.15, 0.2) is 71.7 Å². The van der Waals surface area contributed by atoms with Gasteiger partial charge in [0.15, 0.2) is 5.78 Å². The Labute approximate surface area is 190 Å². The molecule has 0 saturated carbocycles. The zero-order valence-corrected chi connectivity index (χ0v) is 19.4. The summed E-state index contributed by atoms with van der Waals surface area (Å²) in [5.41, 5.74) is 2.91. The standard InChI is InChI=1S/C26H25N3O2S/c1-26(2,3)22(30)16-23-28(4)25(31)21(32-23)15-19-17-29(20-13-9-6-10-14-20)27-24(19)18-11-7-5-8-12-18/h5-17H,1-4H3/b21-15-,23-16+. The van der Waals surface area contributed by atoms with Crippen molar-refractivity contribution in [2.75, 3.05) is 0 Å². The van der Waals surface area contributed by atoms with Crippen molar-refractivity contribution in [3.8, 4) is 16.9 Å². The van der Waals surface area contributed by atoms with Gasteiger partial charge in [-0.25, -0.2) is 4.68 Å². The Morgan fingerprint density at radius 2 is 1.62 bits per heavy atom. The molecule has 2 aromatic carbocycles. The van der Waals surface area contributed by atoms with E-state index in [-0.39, 0.29) is 11.3 Å². The Balaban J connectivity index is 1.90. The van der Waals surface area contributed by atoms with Crippen LogP contribution in [0.3, 0.4) is 0 Å². The van der Waals surface area contributed by atoms with Crippen LogP contribution >= 0.6 is 11.3 Å². The van der Waals surface area contributed by atoms with Crippen molar-refractivity contribution in [3.63, 3.8) is 0 Å². The quantitative estimate of drug-likeness (QED) is 0.485. The minimum Gasteiger partial charge on any atom is -0.302 e. The van der Waals surface area contributed by atoms with E-state index in [1.807, 2.05) is 98.4 Å². The third-order valence-electron chi connectivity index (χ3n) is 5.15. The van der Waals surface area contributed by atoms with Crippen molar-refractivity contribution in [2.24, 2.45) is 12.5 Å². The number of aromatic nitrogens is 3. The lowest BCUT2D eigenvalue weighted by Gasteiger charge is -2.12. The Hall–Kier alpha value is -3.51. The summed E-state index contributed by atoms with van der Waals surface area (Å²) in [5, 5.41) is 4.81. The van der Waals surface area contributed by atoms with E-state index < -0.39 is 5.41 Å². The largest absolute Gasteiger partial charge is 0.302 e. The molecule has 2 aromatic heterocycles. The highest BCUT2D eigenvalue weighted by atomic mass is 32.1. The Kier molecular flexibility index (Phi) is 5.80. The molecule has 0 N–H and O–H groups in total. The van der Waals surface area contributed by atoms with Crippen molar-refractivity contribution < 1.29 is 4.79 Å². The average molecular weight is 444 g/mol. The lowest BCUT2D eigenvalue weighted by atomic mass is 9.91. The smallest absolute Gasteiger partial charge is 0.268 e. The third-order valence-corrected chi connectivity index (χ3v) is 6.26. The van der Waals surface area contributed by atoms with Crippen LogP contribution in [0.2, 0.25) is 0 Å². The molecular weight excluding hydrogens is 418 g/mol. The topological polar surface area (TPSA) is 56.9 Å². The van der Waals surface area contributed by atoms with E-state index in [1.165, 1.54) is 15.9 Å². The highest BCUT2D eigenvalue weighted by Crippen LogP contribution is 2.24. The lowest BCUT2D eigenvalue weighted by Crippen LogP contribution is -2.30. The van der Waals surface area contributed by atoms with Crippen molar-refractivity contribution in [3.05, 3.63) is 92.0 Å². The second-order valence-corrected chi connectivity index (χ2v) is 9.71. The summed E-state index contributed by atoms with van der Waals surface area (Å²) in [7, 11) is 1.70. The molecule has 0 bridgehead atoms. The number of hydrogen-bond acceptors (Lipinski definition) is 4. The number of thiazole rings is 1. The van der Waals surface area contributed by atoms with Crippen LogP contribution in [-0.4, -0.2) is 20.1 Å². The van der Waals surface area contributed by atoms with Crippen LogP contribution in [0.4, 0.5) is 0 Å². The number of Topliss-reactive ketones (excluding diaryl/α,β-unsaturated/α-hetero) is 1.